The Balaban J connectivity index is 1.69. The number of aliphatic hydroxyl groups excluding tert-OH is 1. The van der Waals surface area contributed by atoms with Gasteiger partial charge < -0.3 is 14.7 Å². The molecule has 1 N–H and O–H groups in total. The van der Waals surface area contributed by atoms with Crippen molar-refractivity contribution in [2.75, 3.05) is 27.2 Å². The zero-order valence-electron chi connectivity index (χ0n) is 20.2. The first kappa shape index (κ1) is 24.4. The average Bonchev–Trinajstić information content (AvgIpc) is 2.71. The fourth-order valence-corrected chi connectivity index (χ4v) is 6.96. The number of ether oxygens (including phenoxy) is 1. The van der Waals surface area contributed by atoms with E-state index in [9.17, 15) is 14.7 Å². The first-order valence-electron chi connectivity index (χ1n) is 12.3. The minimum atomic E-state index is -0.409. The van der Waals surface area contributed by atoms with Crippen molar-refractivity contribution in [3.63, 3.8) is 0 Å². The lowest BCUT2D eigenvalue weighted by molar-refractivity contribution is -0.156. The van der Waals surface area contributed by atoms with Crippen molar-refractivity contribution >= 4 is 11.8 Å². The number of aliphatic hydroxyl groups is 1. The Morgan fingerprint density at radius 2 is 1.97 bits per heavy atom. The van der Waals surface area contributed by atoms with Gasteiger partial charge in [-0.2, -0.15) is 0 Å². The number of rotatable bonds is 7. The molecule has 5 nitrogen and oxygen atoms in total. The maximum Gasteiger partial charge on any atom is 0.330 e. The van der Waals surface area contributed by atoms with Gasteiger partial charge in [-0.3, -0.25) is 4.79 Å². The Kier molecular flexibility index (Phi) is 7.68. The highest BCUT2D eigenvalue weighted by atomic mass is 16.5. The smallest absolute Gasteiger partial charge is 0.330 e. The zero-order valence-corrected chi connectivity index (χ0v) is 20.2. The van der Waals surface area contributed by atoms with Gasteiger partial charge in [-0.15, -0.1) is 0 Å². The van der Waals surface area contributed by atoms with Crippen molar-refractivity contribution < 1.29 is 19.4 Å². The molecular formula is C26H43NO4. The molecule has 0 aromatic rings. The summed E-state index contributed by atoms with van der Waals surface area (Å²) in [6, 6.07) is 0. The van der Waals surface area contributed by atoms with Crippen LogP contribution in [-0.4, -0.2) is 55.1 Å². The Bertz CT molecular complexity index is 689. The van der Waals surface area contributed by atoms with E-state index in [1.807, 2.05) is 25.1 Å². The van der Waals surface area contributed by atoms with Gasteiger partial charge in [0, 0.05) is 24.0 Å². The summed E-state index contributed by atoms with van der Waals surface area (Å²) in [7, 11) is 3.89. The summed E-state index contributed by atoms with van der Waals surface area (Å²) in [5.74, 6) is 1.27. The first-order valence-corrected chi connectivity index (χ1v) is 12.3. The van der Waals surface area contributed by atoms with E-state index < -0.39 is 5.41 Å². The fourth-order valence-electron chi connectivity index (χ4n) is 6.96. The number of esters is 1. The topological polar surface area (TPSA) is 66.8 Å². The van der Waals surface area contributed by atoms with Gasteiger partial charge in [0.2, 0.25) is 0 Å². The number of hydrogen-bond donors (Lipinski definition) is 1. The van der Waals surface area contributed by atoms with Crippen LogP contribution in [0, 0.1) is 34.5 Å². The summed E-state index contributed by atoms with van der Waals surface area (Å²) in [6.07, 6.45) is 10.9. The van der Waals surface area contributed by atoms with Crippen LogP contribution in [0.3, 0.4) is 0 Å². The van der Waals surface area contributed by atoms with Gasteiger partial charge >= 0.3 is 5.97 Å². The van der Waals surface area contributed by atoms with E-state index in [0.29, 0.717) is 30.8 Å². The second-order valence-corrected chi connectivity index (χ2v) is 11.1. The van der Waals surface area contributed by atoms with E-state index in [1.165, 1.54) is 6.08 Å². The van der Waals surface area contributed by atoms with Crippen molar-refractivity contribution in [1.82, 2.24) is 4.90 Å². The molecule has 31 heavy (non-hydrogen) atoms. The van der Waals surface area contributed by atoms with Gasteiger partial charge in [0.15, 0.2) is 0 Å². The van der Waals surface area contributed by atoms with Crippen LogP contribution in [0.4, 0.5) is 0 Å². The summed E-state index contributed by atoms with van der Waals surface area (Å²) >= 11 is 0. The maximum atomic E-state index is 13.8. The Hall–Kier alpha value is -1.20. The molecule has 0 heterocycles. The van der Waals surface area contributed by atoms with Crippen molar-refractivity contribution in [2.45, 2.75) is 78.2 Å². The molecule has 0 spiro atoms. The molecule has 3 aliphatic rings. The van der Waals surface area contributed by atoms with Crippen LogP contribution in [0.25, 0.3) is 0 Å². The average molecular weight is 434 g/mol. The molecule has 176 valence electrons. The molecule has 0 aromatic carbocycles. The lowest BCUT2D eigenvalue weighted by Gasteiger charge is -2.58. The number of carbonyl (C=O) groups is 2. The lowest BCUT2D eigenvalue weighted by atomic mass is 9.46. The molecule has 3 unspecified atom stereocenters. The summed E-state index contributed by atoms with van der Waals surface area (Å²) < 4.78 is 5.29. The molecule has 0 bridgehead atoms. The number of allylic oxidation sites excluding steroid dienone is 1. The molecule has 3 aliphatic carbocycles. The molecule has 3 saturated carbocycles. The number of nitrogens with zero attached hydrogens (tertiary/aromatic N) is 1. The number of carbonyl (C=O) groups excluding carboxylic acids is 2. The summed E-state index contributed by atoms with van der Waals surface area (Å²) in [4.78, 5) is 28.0. The highest BCUT2D eigenvalue weighted by Gasteiger charge is 2.57. The molecule has 0 amide bonds. The van der Waals surface area contributed by atoms with E-state index in [-0.39, 0.29) is 29.3 Å². The molecular weight excluding hydrogens is 390 g/mol. The van der Waals surface area contributed by atoms with Crippen LogP contribution in [-0.2, 0) is 14.3 Å². The number of likely N-dealkylation sites (N-methyl/N-ethyl adjacent to an activating group) is 1. The zero-order chi connectivity index (χ0) is 22.8. The van der Waals surface area contributed by atoms with E-state index in [0.717, 1.165) is 51.4 Å². The third kappa shape index (κ3) is 4.93. The molecule has 0 aliphatic heterocycles. The van der Waals surface area contributed by atoms with E-state index in [2.05, 4.69) is 20.8 Å². The van der Waals surface area contributed by atoms with Crippen LogP contribution < -0.4 is 0 Å². The van der Waals surface area contributed by atoms with Crippen molar-refractivity contribution in [3.8, 4) is 0 Å². The first-order chi connectivity index (χ1) is 14.6. The fraction of sp³-hybridized carbons (Fsp3) is 0.846. The Morgan fingerprint density at radius 1 is 1.23 bits per heavy atom. The molecule has 0 aromatic heterocycles. The number of hydrogen-bond acceptors (Lipinski definition) is 5. The van der Waals surface area contributed by atoms with Gasteiger partial charge in [-0.05, 0) is 88.6 Å². The summed E-state index contributed by atoms with van der Waals surface area (Å²) in [5, 5.41) is 10.2. The second kappa shape index (κ2) is 9.74. The monoisotopic (exact) mass is 433 g/mol. The molecule has 7 atom stereocenters. The van der Waals surface area contributed by atoms with Crippen molar-refractivity contribution in [2.24, 2.45) is 34.5 Å². The molecule has 3 fully saturated rings. The standard InChI is InChI=1S/C26H43NO4/c1-6-18(8-10-23(29)31-16-15-27(4)5)26(3)14-12-22-21(24(26)30)9-7-19-17-20(28)11-13-25(19,22)2/h8,10,18-22,28H,6-7,9,11-17H2,1-5H3/b10-8+/t18?,19-,20+,21?,22?,25+,26-/m1/s1. The minimum absolute atomic E-state index is 0.0565. The molecule has 0 saturated heterocycles. The van der Waals surface area contributed by atoms with Crippen LogP contribution in [0.1, 0.15) is 72.1 Å². The van der Waals surface area contributed by atoms with Gasteiger partial charge in [0.1, 0.15) is 12.4 Å². The SMILES string of the molecule is CCC(/C=C/C(=O)OCCN(C)C)[C@@]1(C)CCC2C(CC[C@@H]3C[C@@H](O)CC[C@]23C)C1=O. The highest BCUT2D eigenvalue weighted by Crippen LogP contribution is 2.61. The number of ketones is 1. The normalized spacial score (nSPS) is 39.3. The third-order valence-corrected chi connectivity index (χ3v) is 9.04. The Morgan fingerprint density at radius 3 is 2.65 bits per heavy atom. The Labute approximate surface area is 188 Å². The third-order valence-electron chi connectivity index (χ3n) is 9.04. The van der Waals surface area contributed by atoms with E-state index >= 15 is 0 Å². The lowest BCUT2D eigenvalue weighted by Crippen LogP contribution is -2.55. The van der Waals surface area contributed by atoms with Gasteiger partial charge in [0.05, 0.1) is 6.10 Å². The number of fused-ring (bicyclic) bond motifs is 3. The minimum Gasteiger partial charge on any atom is -0.461 e. The van der Waals surface area contributed by atoms with Crippen molar-refractivity contribution in [3.05, 3.63) is 12.2 Å². The van der Waals surface area contributed by atoms with Crippen LogP contribution in [0.15, 0.2) is 12.2 Å². The molecule has 5 heteroatoms. The number of Topliss-reactive ketones (excluding diaryl/α,β-unsaturated/α-hetero) is 1. The molecule has 3 rings (SSSR count). The van der Waals surface area contributed by atoms with Crippen LogP contribution in [0.5, 0.6) is 0 Å². The predicted molar refractivity (Wildman–Crippen MR) is 122 cm³/mol. The van der Waals surface area contributed by atoms with E-state index in [1.54, 1.807) is 0 Å². The van der Waals surface area contributed by atoms with Gasteiger partial charge in [0.25, 0.3) is 0 Å². The molecule has 0 radical (unpaired) electrons. The summed E-state index contributed by atoms with van der Waals surface area (Å²) in [6.45, 7) is 7.70. The highest BCUT2D eigenvalue weighted by molar-refractivity contribution is 5.89. The second-order valence-electron chi connectivity index (χ2n) is 11.1. The van der Waals surface area contributed by atoms with Gasteiger partial charge in [-0.1, -0.05) is 26.8 Å². The van der Waals surface area contributed by atoms with Gasteiger partial charge in [-0.25, -0.2) is 4.79 Å². The van der Waals surface area contributed by atoms with Crippen LogP contribution in [0.2, 0.25) is 0 Å². The predicted octanol–water partition coefficient (Wildman–Crippen LogP) is 4.24. The van der Waals surface area contributed by atoms with Crippen LogP contribution >= 0.6 is 0 Å². The van der Waals surface area contributed by atoms with E-state index in [4.69, 9.17) is 4.74 Å². The van der Waals surface area contributed by atoms with Crippen molar-refractivity contribution in [1.29, 1.82) is 0 Å². The largest absolute Gasteiger partial charge is 0.461 e. The maximum absolute atomic E-state index is 13.8. The quantitative estimate of drug-likeness (QED) is 0.481. The summed E-state index contributed by atoms with van der Waals surface area (Å²) in [5.41, 5.74) is -0.222.